The molecule has 0 bridgehead atoms. The average molecular weight is 290 g/mol. The maximum absolute atomic E-state index is 3.49. The molecule has 1 atom stereocenters. The second-order valence-electron chi connectivity index (χ2n) is 6.36. The van der Waals surface area contributed by atoms with E-state index < -0.39 is 0 Å². The van der Waals surface area contributed by atoms with E-state index in [0.717, 1.165) is 6.54 Å². The predicted octanol–water partition coefficient (Wildman–Crippen LogP) is 4.81. The highest BCUT2D eigenvalue weighted by molar-refractivity contribution is 5.86. The number of nitrogens with zero attached hydrogens (tertiary/aromatic N) is 1. The first kappa shape index (κ1) is 13.6. The van der Waals surface area contributed by atoms with Gasteiger partial charge >= 0.3 is 0 Å². The summed E-state index contributed by atoms with van der Waals surface area (Å²) in [4.78, 5) is 6.12. The lowest BCUT2D eigenvalue weighted by Gasteiger charge is -2.24. The van der Waals surface area contributed by atoms with Gasteiger partial charge in [0.15, 0.2) is 0 Å². The molecular weight excluding hydrogens is 268 g/mol. The Morgan fingerprint density at radius 3 is 2.82 bits per heavy atom. The molecule has 0 aliphatic carbocycles. The van der Waals surface area contributed by atoms with Crippen LogP contribution in [0, 0.1) is 6.92 Å². The predicted molar refractivity (Wildman–Crippen MR) is 91.9 cm³/mol. The fourth-order valence-electron chi connectivity index (χ4n) is 3.79. The van der Waals surface area contributed by atoms with Gasteiger partial charge < -0.3 is 4.98 Å². The minimum Gasteiger partial charge on any atom is -0.361 e. The van der Waals surface area contributed by atoms with E-state index in [0.29, 0.717) is 6.04 Å². The number of nitrogens with one attached hydrogen (secondary N) is 1. The molecule has 0 radical (unpaired) electrons. The van der Waals surface area contributed by atoms with Crippen LogP contribution in [-0.2, 0) is 6.54 Å². The normalized spacial score (nSPS) is 19.0. The molecule has 2 nitrogen and oxygen atoms in total. The van der Waals surface area contributed by atoms with Gasteiger partial charge in [0.25, 0.3) is 0 Å². The van der Waals surface area contributed by atoms with E-state index in [4.69, 9.17) is 0 Å². The summed E-state index contributed by atoms with van der Waals surface area (Å²) in [5.41, 5.74) is 5.50. The first-order chi connectivity index (χ1) is 10.8. The second kappa shape index (κ2) is 5.62. The SMILES string of the molecule is Cc1cccc2c([C@@H]3CCCN3Cc3ccccc3)c[nH]c12. The van der Waals surface area contributed by atoms with Crippen LogP contribution in [0.25, 0.3) is 10.9 Å². The number of rotatable bonds is 3. The van der Waals surface area contributed by atoms with Gasteiger partial charge in [-0.3, -0.25) is 4.90 Å². The second-order valence-corrected chi connectivity index (χ2v) is 6.36. The van der Waals surface area contributed by atoms with Crippen molar-refractivity contribution in [3.8, 4) is 0 Å². The quantitative estimate of drug-likeness (QED) is 0.733. The number of benzene rings is 2. The minimum absolute atomic E-state index is 0.538. The highest BCUT2D eigenvalue weighted by atomic mass is 15.2. The summed E-state index contributed by atoms with van der Waals surface area (Å²) in [6.07, 6.45) is 4.77. The summed E-state index contributed by atoms with van der Waals surface area (Å²) in [6, 6.07) is 18.0. The van der Waals surface area contributed by atoms with Crippen molar-refractivity contribution in [2.24, 2.45) is 0 Å². The smallest absolute Gasteiger partial charge is 0.0487 e. The van der Waals surface area contributed by atoms with Gasteiger partial charge in [-0.25, -0.2) is 0 Å². The van der Waals surface area contributed by atoms with Gasteiger partial charge in [0.1, 0.15) is 0 Å². The molecule has 2 heterocycles. The molecule has 1 aliphatic rings. The van der Waals surface area contributed by atoms with E-state index in [1.807, 2.05) is 0 Å². The lowest BCUT2D eigenvalue weighted by molar-refractivity contribution is 0.250. The number of likely N-dealkylation sites (tertiary alicyclic amines) is 1. The van der Waals surface area contributed by atoms with Gasteiger partial charge in [0.2, 0.25) is 0 Å². The molecule has 0 spiro atoms. The van der Waals surface area contributed by atoms with Crippen LogP contribution in [0.5, 0.6) is 0 Å². The van der Waals surface area contributed by atoms with Crippen molar-refractivity contribution in [1.29, 1.82) is 0 Å². The number of hydrogen-bond acceptors (Lipinski definition) is 1. The maximum atomic E-state index is 3.49. The molecule has 1 N–H and O–H groups in total. The molecule has 0 unspecified atom stereocenters. The van der Waals surface area contributed by atoms with Crippen LogP contribution >= 0.6 is 0 Å². The number of fused-ring (bicyclic) bond motifs is 1. The van der Waals surface area contributed by atoms with Crippen molar-refractivity contribution in [2.75, 3.05) is 6.54 Å². The number of aromatic amines is 1. The first-order valence-corrected chi connectivity index (χ1v) is 8.17. The minimum atomic E-state index is 0.538. The zero-order valence-electron chi connectivity index (χ0n) is 13.0. The largest absolute Gasteiger partial charge is 0.361 e. The standard InChI is InChI=1S/C20H22N2/c1-15-7-5-10-17-18(13-21-20(15)17)19-11-6-12-22(19)14-16-8-3-2-4-9-16/h2-5,7-10,13,19,21H,6,11-12,14H2,1H3/t19-/m0/s1. The highest BCUT2D eigenvalue weighted by Gasteiger charge is 2.27. The molecule has 2 aromatic carbocycles. The van der Waals surface area contributed by atoms with E-state index in [-0.39, 0.29) is 0 Å². The number of hydrogen-bond donors (Lipinski definition) is 1. The third kappa shape index (κ3) is 2.34. The van der Waals surface area contributed by atoms with Gasteiger partial charge in [-0.2, -0.15) is 0 Å². The number of aryl methyl sites for hydroxylation is 1. The van der Waals surface area contributed by atoms with Gasteiger partial charge in [0.05, 0.1) is 0 Å². The molecule has 4 rings (SSSR count). The van der Waals surface area contributed by atoms with Crippen molar-refractivity contribution in [2.45, 2.75) is 32.4 Å². The molecule has 2 heteroatoms. The number of para-hydroxylation sites is 1. The Hall–Kier alpha value is -2.06. The Labute approximate surface area is 131 Å². The van der Waals surface area contributed by atoms with Gasteiger partial charge in [0, 0.05) is 29.7 Å². The Kier molecular flexibility index (Phi) is 3.47. The lowest BCUT2D eigenvalue weighted by Crippen LogP contribution is -2.22. The van der Waals surface area contributed by atoms with Gasteiger partial charge in [-0.15, -0.1) is 0 Å². The Morgan fingerprint density at radius 2 is 1.95 bits per heavy atom. The van der Waals surface area contributed by atoms with E-state index >= 15 is 0 Å². The van der Waals surface area contributed by atoms with Crippen molar-refractivity contribution in [3.63, 3.8) is 0 Å². The molecule has 22 heavy (non-hydrogen) atoms. The van der Waals surface area contributed by atoms with Crippen LogP contribution in [0.1, 0.15) is 35.6 Å². The van der Waals surface area contributed by atoms with Crippen molar-refractivity contribution in [3.05, 3.63) is 71.4 Å². The summed E-state index contributed by atoms with van der Waals surface area (Å²) in [5.74, 6) is 0. The third-order valence-corrected chi connectivity index (χ3v) is 4.91. The monoisotopic (exact) mass is 290 g/mol. The molecule has 1 aromatic heterocycles. The maximum Gasteiger partial charge on any atom is 0.0487 e. The topological polar surface area (TPSA) is 19.0 Å². The summed E-state index contributed by atoms with van der Waals surface area (Å²) in [7, 11) is 0. The molecule has 3 aromatic rings. The van der Waals surface area contributed by atoms with Gasteiger partial charge in [-0.05, 0) is 43.0 Å². The number of H-pyrrole nitrogens is 1. The Balaban J connectivity index is 1.66. The summed E-state index contributed by atoms with van der Waals surface area (Å²) < 4.78 is 0. The molecule has 1 aliphatic heterocycles. The molecule has 1 saturated heterocycles. The van der Waals surface area contributed by atoms with Crippen LogP contribution in [-0.4, -0.2) is 16.4 Å². The summed E-state index contributed by atoms with van der Waals surface area (Å²) >= 11 is 0. The third-order valence-electron chi connectivity index (χ3n) is 4.91. The van der Waals surface area contributed by atoms with E-state index in [2.05, 4.69) is 71.5 Å². The van der Waals surface area contributed by atoms with Crippen LogP contribution in [0.4, 0.5) is 0 Å². The first-order valence-electron chi connectivity index (χ1n) is 8.17. The summed E-state index contributed by atoms with van der Waals surface area (Å²) in [5, 5.41) is 1.39. The van der Waals surface area contributed by atoms with Crippen LogP contribution < -0.4 is 0 Å². The fraction of sp³-hybridized carbons (Fsp3) is 0.300. The Morgan fingerprint density at radius 1 is 1.09 bits per heavy atom. The molecule has 0 saturated carbocycles. The van der Waals surface area contributed by atoms with Crippen LogP contribution in [0.15, 0.2) is 54.7 Å². The van der Waals surface area contributed by atoms with Crippen LogP contribution in [0.3, 0.4) is 0 Å². The molecule has 0 amide bonds. The summed E-state index contributed by atoms with van der Waals surface area (Å²) in [6.45, 7) is 4.42. The molecule has 1 fully saturated rings. The molecular formula is C20H22N2. The average Bonchev–Trinajstić information content (AvgIpc) is 3.15. The van der Waals surface area contributed by atoms with E-state index in [1.54, 1.807) is 0 Å². The Bertz CT molecular complexity index is 773. The van der Waals surface area contributed by atoms with E-state index in [9.17, 15) is 0 Å². The lowest BCUT2D eigenvalue weighted by atomic mass is 10.0. The van der Waals surface area contributed by atoms with Crippen LogP contribution in [0.2, 0.25) is 0 Å². The zero-order valence-corrected chi connectivity index (χ0v) is 13.0. The highest BCUT2D eigenvalue weighted by Crippen LogP contribution is 2.37. The number of aromatic nitrogens is 1. The fourth-order valence-corrected chi connectivity index (χ4v) is 3.79. The zero-order chi connectivity index (χ0) is 14.9. The molecule has 112 valence electrons. The van der Waals surface area contributed by atoms with Gasteiger partial charge in [-0.1, -0.05) is 48.5 Å². The van der Waals surface area contributed by atoms with Crippen molar-refractivity contribution in [1.82, 2.24) is 9.88 Å². The van der Waals surface area contributed by atoms with Crippen molar-refractivity contribution >= 4 is 10.9 Å². The van der Waals surface area contributed by atoms with E-state index in [1.165, 1.54) is 47.0 Å². The van der Waals surface area contributed by atoms with Crippen molar-refractivity contribution < 1.29 is 0 Å².